The van der Waals surface area contributed by atoms with Crippen LogP contribution in [0.1, 0.15) is 49.6 Å². The first-order valence-electron chi connectivity index (χ1n) is 7.50. The predicted octanol–water partition coefficient (Wildman–Crippen LogP) is 3.76. The summed E-state index contributed by atoms with van der Waals surface area (Å²) in [6.45, 7) is 1.83. The molecule has 1 aliphatic rings. The van der Waals surface area contributed by atoms with Crippen LogP contribution in [0.4, 0.5) is 4.39 Å². The Hall–Kier alpha value is -1.75. The molecule has 0 aliphatic heterocycles. The molecule has 2 aromatic rings. The zero-order valence-corrected chi connectivity index (χ0v) is 12.2. The van der Waals surface area contributed by atoms with Crippen molar-refractivity contribution in [2.24, 2.45) is 11.7 Å². The fourth-order valence-corrected chi connectivity index (χ4v) is 3.05. The van der Waals surface area contributed by atoms with Crippen molar-refractivity contribution in [2.45, 2.75) is 45.1 Å². The molecule has 112 valence electrons. The number of hydrogen-bond donors (Lipinski definition) is 1. The molecule has 1 fully saturated rings. The fourth-order valence-electron chi connectivity index (χ4n) is 3.05. The van der Waals surface area contributed by atoms with Gasteiger partial charge in [-0.25, -0.2) is 4.39 Å². The quantitative estimate of drug-likeness (QED) is 0.934. The molecule has 0 spiro atoms. The van der Waals surface area contributed by atoms with E-state index in [9.17, 15) is 4.39 Å². The first kappa shape index (κ1) is 14.2. The molecule has 1 aromatic heterocycles. The van der Waals surface area contributed by atoms with Crippen LogP contribution < -0.4 is 5.73 Å². The van der Waals surface area contributed by atoms with Gasteiger partial charge in [-0.15, -0.1) is 0 Å². The van der Waals surface area contributed by atoms with E-state index in [4.69, 9.17) is 10.3 Å². The Kier molecular flexibility index (Phi) is 4.01. The summed E-state index contributed by atoms with van der Waals surface area (Å²) < 4.78 is 18.8. The first-order valence-corrected chi connectivity index (χ1v) is 7.50. The Bertz CT molecular complexity index is 599. The second-order valence-electron chi connectivity index (χ2n) is 5.90. The summed E-state index contributed by atoms with van der Waals surface area (Å²) in [5.74, 6) is 0.965. The SMILES string of the molecule is Cc1cc(F)cc(-c2noc(C(N)C3CCCCC3)n2)c1. The Morgan fingerprint density at radius 1 is 1.24 bits per heavy atom. The van der Waals surface area contributed by atoms with Gasteiger partial charge in [-0.1, -0.05) is 24.4 Å². The molecule has 1 heterocycles. The Balaban J connectivity index is 1.82. The van der Waals surface area contributed by atoms with E-state index in [1.165, 1.54) is 31.4 Å². The zero-order valence-electron chi connectivity index (χ0n) is 12.2. The lowest BCUT2D eigenvalue weighted by Crippen LogP contribution is -2.23. The second-order valence-corrected chi connectivity index (χ2v) is 5.90. The highest BCUT2D eigenvalue weighted by molar-refractivity contribution is 5.55. The third kappa shape index (κ3) is 3.13. The first-order chi connectivity index (χ1) is 10.1. The lowest BCUT2D eigenvalue weighted by Gasteiger charge is -2.24. The summed E-state index contributed by atoms with van der Waals surface area (Å²) in [6.07, 6.45) is 5.92. The van der Waals surface area contributed by atoms with Gasteiger partial charge in [-0.3, -0.25) is 0 Å². The molecule has 21 heavy (non-hydrogen) atoms. The van der Waals surface area contributed by atoms with Gasteiger partial charge in [0, 0.05) is 5.56 Å². The molecule has 3 rings (SSSR count). The molecular formula is C16H20FN3O. The standard InChI is InChI=1S/C16H20FN3O/c1-10-7-12(9-13(17)8-10)15-19-16(21-20-15)14(18)11-5-3-2-4-6-11/h7-9,11,14H,2-6,18H2,1H3. The number of aromatic nitrogens is 2. The van der Waals surface area contributed by atoms with E-state index < -0.39 is 0 Å². The van der Waals surface area contributed by atoms with Crippen LogP contribution in [0.15, 0.2) is 22.7 Å². The predicted molar refractivity (Wildman–Crippen MR) is 77.9 cm³/mol. The van der Waals surface area contributed by atoms with Crippen molar-refractivity contribution in [3.05, 3.63) is 35.5 Å². The van der Waals surface area contributed by atoms with E-state index in [1.54, 1.807) is 0 Å². The number of hydrogen-bond acceptors (Lipinski definition) is 4. The molecule has 0 amide bonds. The van der Waals surface area contributed by atoms with Crippen LogP contribution in [-0.4, -0.2) is 10.1 Å². The summed E-state index contributed by atoms with van der Waals surface area (Å²) in [7, 11) is 0. The van der Waals surface area contributed by atoms with E-state index >= 15 is 0 Å². The highest BCUT2D eigenvalue weighted by atomic mass is 19.1. The normalized spacial score (nSPS) is 17.9. The smallest absolute Gasteiger partial charge is 0.244 e. The minimum atomic E-state index is -0.298. The number of rotatable bonds is 3. The maximum Gasteiger partial charge on any atom is 0.244 e. The third-order valence-electron chi connectivity index (χ3n) is 4.18. The topological polar surface area (TPSA) is 64.9 Å². The maximum atomic E-state index is 13.5. The Morgan fingerprint density at radius 2 is 2.00 bits per heavy atom. The molecule has 0 bridgehead atoms. The minimum absolute atomic E-state index is 0.221. The van der Waals surface area contributed by atoms with Crippen LogP contribution in [0.3, 0.4) is 0 Å². The van der Waals surface area contributed by atoms with Gasteiger partial charge in [0.2, 0.25) is 11.7 Å². The van der Waals surface area contributed by atoms with Crippen LogP contribution in [-0.2, 0) is 0 Å². The van der Waals surface area contributed by atoms with Gasteiger partial charge in [0.05, 0.1) is 6.04 Å². The van der Waals surface area contributed by atoms with E-state index in [0.29, 0.717) is 23.2 Å². The molecule has 1 aliphatic carbocycles. The number of benzene rings is 1. The fraction of sp³-hybridized carbons (Fsp3) is 0.500. The monoisotopic (exact) mass is 289 g/mol. The molecular weight excluding hydrogens is 269 g/mol. The summed E-state index contributed by atoms with van der Waals surface area (Å²) in [4.78, 5) is 4.37. The van der Waals surface area contributed by atoms with Gasteiger partial charge < -0.3 is 10.3 Å². The lowest BCUT2D eigenvalue weighted by atomic mass is 9.84. The van der Waals surface area contributed by atoms with Gasteiger partial charge in [0.25, 0.3) is 0 Å². The summed E-state index contributed by atoms with van der Waals surface area (Å²) in [5, 5.41) is 3.95. The molecule has 1 atom stereocenters. The van der Waals surface area contributed by atoms with Crippen LogP contribution in [0.5, 0.6) is 0 Å². The number of nitrogens with two attached hydrogens (primary N) is 1. The molecule has 1 saturated carbocycles. The van der Waals surface area contributed by atoms with Crippen LogP contribution >= 0.6 is 0 Å². The molecule has 1 unspecified atom stereocenters. The number of aryl methyl sites for hydroxylation is 1. The largest absolute Gasteiger partial charge is 0.337 e. The molecule has 4 nitrogen and oxygen atoms in total. The van der Waals surface area contributed by atoms with Crippen molar-refractivity contribution in [1.82, 2.24) is 10.1 Å². The molecule has 5 heteroatoms. The zero-order chi connectivity index (χ0) is 14.8. The van der Waals surface area contributed by atoms with Gasteiger partial charge in [-0.2, -0.15) is 4.98 Å². The molecule has 2 N–H and O–H groups in total. The van der Waals surface area contributed by atoms with Crippen LogP contribution in [0.25, 0.3) is 11.4 Å². The third-order valence-corrected chi connectivity index (χ3v) is 4.18. The van der Waals surface area contributed by atoms with Crippen molar-refractivity contribution in [3.63, 3.8) is 0 Å². The second kappa shape index (κ2) is 5.93. The van der Waals surface area contributed by atoms with E-state index in [1.807, 2.05) is 13.0 Å². The van der Waals surface area contributed by atoms with Crippen molar-refractivity contribution in [2.75, 3.05) is 0 Å². The van der Waals surface area contributed by atoms with Crippen molar-refractivity contribution < 1.29 is 8.91 Å². The van der Waals surface area contributed by atoms with Gasteiger partial charge in [0.1, 0.15) is 5.82 Å². The minimum Gasteiger partial charge on any atom is -0.337 e. The van der Waals surface area contributed by atoms with Crippen LogP contribution in [0, 0.1) is 18.7 Å². The average Bonchev–Trinajstić information content (AvgIpc) is 2.96. The van der Waals surface area contributed by atoms with Crippen LogP contribution in [0.2, 0.25) is 0 Å². The number of halogens is 1. The van der Waals surface area contributed by atoms with Gasteiger partial charge in [-0.05, 0) is 49.4 Å². The lowest BCUT2D eigenvalue weighted by molar-refractivity contribution is 0.255. The maximum absolute atomic E-state index is 13.5. The van der Waals surface area contributed by atoms with Gasteiger partial charge in [0.15, 0.2) is 0 Å². The van der Waals surface area contributed by atoms with Crippen molar-refractivity contribution >= 4 is 0 Å². The van der Waals surface area contributed by atoms with Crippen molar-refractivity contribution in [3.8, 4) is 11.4 Å². The molecule has 0 radical (unpaired) electrons. The average molecular weight is 289 g/mol. The highest BCUT2D eigenvalue weighted by Crippen LogP contribution is 2.33. The Morgan fingerprint density at radius 3 is 2.71 bits per heavy atom. The van der Waals surface area contributed by atoms with Gasteiger partial charge >= 0.3 is 0 Å². The summed E-state index contributed by atoms with van der Waals surface area (Å²) >= 11 is 0. The Labute approximate surface area is 123 Å². The number of nitrogens with zero attached hydrogens (tertiary/aromatic N) is 2. The van der Waals surface area contributed by atoms with Crippen molar-refractivity contribution in [1.29, 1.82) is 0 Å². The summed E-state index contributed by atoms with van der Waals surface area (Å²) in [5.41, 5.74) is 7.70. The van der Waals surface area contributed by atoms with E-state index in [0.717, 1.165) is 18.4 Å². The molecule has 0 saturated heterocycles. The highest BCUT2D eigenvalue weighted by Gasteiger charge is 2.26. The van der Waals surface area contributed by atoms with E-state index in [-0.39, 0.29) is 11.9 Å². The summed E-state index contributed by atoms with van der Waals surface area (Å²) in [6, 6.07) is 4.50. The molecule has 1 aromatic carbocycles. The van der Waals surface area contributed by atoms with E-state index in [2.05, 4.69) is 10.1 Å².